The van der Waals surface area contributed by atoms with Crippen molar-refractivity contribution in [3.63, 3.8) is 0 Å². The van der Waals surface area contributed by atoms with Crippen molar-refractivity contribution in [2.24, 2.45) is 13.0 Å². The van der Waals surface area contributed by atoms with Crippen LogP contribution < -0.4 is 0 Å². The second-order valence-electron chi connectivity index (χ2n) is 2.74. The summed E-state index contributed by atoms with van der Waals surface area (Å²) in [4.78, 5) is 3.98. The van der Waals surface area contributed by atoms with E-state index >= 15 is 0 Å². The first kappa shape index (κ1) is 9.15. The van der Waals surface area contributed by atoms with E-state index in [1.165, 1.54) is 6.33 Å². The summed E-state index contributed by atoms with van der Waals surface area (Å²) in [5.41, 5.74) is 0. The van der Waals surface area contributed by atoms with E-state index in [2.05, 4.69) is 10.1 Å². The first-order valence-electron chi connectivity index (χ1n) is 3.82. The van der Waals surface area contributed by atoms with Gasteiger partial charge in [-0.15, -0.1) is 0 Å². The molecule has 2 N–H and O–H groups in total. The Balaban J connectivity index is 2.56. The number of nitrogens with zero attached hydrogens (tertiary/aromatic N) is 3. The van der Waals surface area contributed by atoms with Gasteiger partial charge in [0, 0.05) is 32.6 Å². The van der Waals surface area contributed by atoms with Crippen LogP contribution in [0.3, 0.4) is 0 Å². The number of rotatable bonds is 4. The van der Waals surface area contributed by atoms with Gasteiger partial charge < -0.3 is 10.2 Å². The Morgan fingerprint density at radius 1 is 1.50 bits per heavy atom. The minimum absolute atomic E-state index is 0.0244. The zero-order valence-corrected chi connectivity index (χ0v) is 7.01. The summed E-state index contributed by atoms with van der Waals surface area (Å²) in [5, 5.41) is 21.5. The molecule has 0 spiro atoms. The third kappa shape index (κ3) is 2.02. The fraction of sp³-hybridized carbons (Fsp3) is 0.714. The molecule has 0 saturated heterocycles. The molecule has 5 heteroatoms. The normalized spacial score (nSPS) is 11.0. The SMILES string of the molecule is Cn1ncnc1CC(CO)CO. The van der Waals surface area contributed by atoms with Crippen LogP contribution in [0.25, 0.3) is 0 Å². The monoisotopic (exact) mass is 171 g/mol. The molecule has 0 saturated carbocycles. The molecule has 0 aromatic carbocycles. The van der Waals surface area contributed by atoms with Crippen molar-refractivity contribution in [3.05, 3.63) is 12.2 Å². The molecule has 12 heavy (non-hydrogen) atoms. The summed E-state index contributed by atoms with van der Waals surface area (Å²) >= 11 is 0. The molecule has 5 nitrogen and oxygen atoms in total. The molecule has 1 aromatic rings. The van der Waals surface area contributed by atoms with E-state index < -0.39 is 0 Å². The number of aliphatic hydroxyl groups excluding tert-OH is 2. The standard InChI is InChI=1S/C7H13N3O2/c1-10-7(8-5-9-10)2-6(3-11)4-12/h5-6,11-12H,2-4H2,1H3. The summed E-state index contributed by atoms with van der Waals surface area (Å²) < 4.78 is 1.64. The molecular weight excluding hydrogens is 158 g/mol. The van der Waals surface area contributed by atoms with E-state index in [1.54, 1.807) is 11.7 Å². The Bertz CT molecular complexity index is 232. The van der Waals surface area contributed by atoms with Gasteiger partial charge in [-0.1, -0.05) is 0 Å². The third-order valence-electron chi connectivity index (χ3n) is 1.79. The quantitative estimate of drug-likeness (QED) is 0.607. The van der Waals surface area contributed by atoms with Gasteiger partial charge in [0.05, 0.1) is 0 Å². The first-order chi connectivity index (χ1) is 5.77. The van der Waals surface area contributed by atoms with E-state index in [0.29, 0.717) is 6.42 Å². The lowest BCUT2D eigenvalue weighted by molar-refractivity contribution is 0.148. The predicted molar refractivity (Wildman–Crippen MR) is 42.4 cm³/mol. The molecule has 0 aliphatic carbocycles. The molecule has 1 aromatic heterocycles. The molecule has 0 bridgehead atoms. The summed E-state index contributed by atoms with van der Waals surface area (Å²) in [6.07, 6.45) is 2.02. The van der Waals surface area contributed by atoms with Crippen LogP contribution in [0.4, 0.5) is 0 Å². The molecule has 0 unspecified atom stereocenters. The highest BCUT2D eigenvalue weighted by molar-refractivity contribution is 4.85. The zero-order valence-electron chi connectivity index (χ0n) is 7.01. The molecule has 0 aliphatic rings. The highest BCUT2D eigenvalue weighted by Gasteiger charge is 2.10. The maximum atomic E-state index is 8.80. The lowest BCUT2D eigenvalue weighted by Crippen LogP contribution is -2.16. The van der Waals surface area contributed by atoms with Gasteiger partial charge in [-0.25, -0.2) is 4.98 Å². The van der Waals surface area contributed by atoms with Gasteiger partial charge in [0.1, 0.15) is 12.2 Å². The van der Waals surface area contributed by atoms with Crippen LogP contribution in [-0.2, 0) is 13.5 Å². The van der Waals surface area contributed by atoms with Gasteiger partial charge in [-0.2, -0.15) is 5.10 Å². The van der Waals surface area contributed by atoms with Crippen molar-refractivity contribution in [2.75, 3.05) is 13.2 Å². The molecule has 68 valence electrons. The van der Waals surface area contributed by atoms with Crippen molar-refractivity contribution >= 4 is 0 Å². The summed E-state index contributed by atoms with van der Waals surface area (Å²) in [7, 11) is 1.79. The van der Waals surface area contributed by atoms with Crippen molar-refractivity contribution < 1.29 is 10.2 Å². The highest BCUT2D eigenvalue weighted by Crippen LogP contribution is 2.03. The van der Waals surface area contributed by atoms with Crippen molar-refractivity contribution in [3.8, 4) is 0 Å². The average molecular weight is 171 g/mol. The minimum Gasteiger partial charge on any atom is -0.396 e. The summed E-state index contributed by atoms with van der Waals surface area (Å²) in [6, 6.07) is 0. The fourth-order valence-corrected chi connectivity index (χ4v) is 0.950. The Labute approximate surface area is 70.7 Å². The van der Waals surface area contributed by atoms with E-state index in [9.17, 15) is 0 Å². The average Bonchev–Trinajstić information content (AvgIpc) is 2.47. The Kier molecular flexibility index (Phi) is 3.19. The third-order valence-corrected chi connectivity index (χ3v) is 1.79. The molecular formula is C7H13N3O2. The molecule has 0 fully saturated rings. The smallest absolute Gasteiger partial charge is 0.138 e. The minimum atomic E-state index is -0.132. The molecule has 0 amide bonds. The van der Waals surface area contributed by atoms with Gasteiger partial charge in [0.2, 0.25) is 0 Å². The number of hydrogen-bond acceptors (Lipinski definition) is 4. The van der Waals surface area contributed by atoms with Crippen LogP contribution in [0.5, 0.6) is 0 Å². The fourth-order valence-electron chi connectivity index (χ4n) is 0.950. The van der Waals surface area contributed by atoms with E-state index in [-0.39, 0.29) is 19.1 Å². The molecule has 0 radical (unpaired) electrons. The predicted octanol–water partition coefficient (Wildman–Crippen LogP) is -1.04. The topological polar surface area (TPSA) is 71.2 Å². The number of aliphatic hydroxyl groups is 2. The number of aromatic nitrogens is 3. The van der Waals surface area contributed by atoms with Crippen LogP contribution in [0.2, 0.25) is 0 Å². The van der Waals surface area contributed by atoms with Crippen LogP contribution >= 0.6 is 0 Å². The number of hydrogen-bond donors (Lipinski definition) is 2. The maximum absolute atomic E-state index is 8.80. The van der Waals surface area contributed by atoms with Crippen LogP contribution in [0, 0.1) is 5.92 Å². The maximum Gasteiger partial charge on any atom is 0.138 e. The Hall–Kier alpha value is -0.940. The van der Waals surface area contributed by atoms with Crippen LogP contribution in [-0.4, -0.2) is 38.2 Å². The Morgan fingerprint density at radius 3 is 2.58 bits per heavy atom. The Morgan fingerprint density at radius 2 is 2.17 bits per heavy atom. The van der Waals surface area contributed by atoms with Gasteiger partial charge >= 0.3 is 0 Å². The zero-order chi connectivity index (χ0) is 8.97. The largest absolute Gasteiger partial charge is 0.396 e. The van der Waals surface area contributed by atoms with Gasteiger partial charge in [0.15, 0.2) is 0 Å². The second kappa shape index (κ2) is 4.18. The lowest BCUT2D eigenvalue weighted by atomic mass is 10.1. The van der Waals surface area contributed by atoms with Crippen molar-refractivity contribution in [2.45, 2.75) is 6.42 Å². The van der Waals surface area contributed by atoms with Crippen molar-refractivity contribution in [1.82, 2.24) is 14.8 Å². The van der Waals surface area contributed by atoms with Gasteiger partial charge in [-0.3, -0.25) is 4.68 Å². The highest BCUT2D eigenvalue weighted by atomic mass is 16.3. The lowest BCUT2D eigenvalue weighted by Gasteiger charge is -2.08. The van der Waals surface area contributed by atoms with Crippen LogP contribution in [0.1, 0.15) is 5.82 Å². The van der Waals surface area contributed by atoms with E-state index in [1.807, 2.05) is 0 Å². The second-order valence-corrected chi connectivity index (χ2v) is 2.74. The molecule has 0 aliphatic heterocycles. The van der Waals surface area contributed by atoms with Crippen LogP contribution in [0.15, 0.2) is 6.33 Å². The van der Waals surface area contributed by atoms with Gasteiger partial charge in [-0.05, 0) is 0 Å². The summed E-state index contributed by atoms with van der Waals surface area (Å²) in [6.45, 7) is -0.0489. The molecule has 1 rings (SSSR count). The van der Waals surface area contributed by atoms with E-state index in [4.69, 9.17) is 10.2 Å². The number of aryl methyl sites for hydroxylation is 1. The summed E-state index contributed by atoms with van der Waals surface area (Å²) in [5.74, 6) is 0.649. The van der Waals surface area contributed by atoms with Gasteiger partial charge in [0.25, 0.3) is 0 Å². The van der Waals surface area contributed by atoms with E-state index in [0.717, 1.165) is 5.82 Å². The van der Waals surface area contributed by atoms with Crippen molar-refractivity contribution in [1.29, 1.82) is 0 Å². The molecule has 1 heterocycles. The first-order valence-corrected chi connectivity index (χ1v) is 3.82. The molecule has 0 atom stereocenters.